The molecule has 1 fully saturated rings. The summed E-state index contributed by atoms with van der Waals surface area (Å²) in [6, 6.07) is 0. The predicted molar refractivity (Wildman–Crippen MR) is 64.6 cm³/mol. The standard InChI is InChI=1S/C13H19N3O/c1-13(2,17-3)12-15-10-7-14-6-9(10)11(16-12)8-4-5-8/h8,14H,4-7H2,1-3H3. The topological polar surface area (TPSA) is 47.0 Å². The summed E-state index contributed by atoms with van der Waals surface area (Å²) in [4.78, 5) is 9.44. The molecule has 1 aromatic rings. The highest BCUT2D eigenvalue weighted by Crippen LogP contribution is 2.42. The molecule has 0 atom stereocenters. The molecule has 3 rings (SSSR count). The van der Waals surface area contributed by atoms with E-state index in [1.807, 2.05) is 13.8 Å². The normalized spacial score (nSPS) is 19.5. The van der Waals surface area contributed by atoms with Crippen molar-refractivity contribution in [3.05, 3.63) is 22.8 Å². The highest BCUT2D eigenvalue weighted by atomic mass is 16.5. The zero-order chi connectivity index (χ0) is 12.0. The van der Waals surface area contributed by atoms with E-state index in [1.54, 1.807) is 7.11 Å². The van der Waals surface area contributed by atoms with Crippen molar-refractivity contribution in [2.45, 2.75) is 51.3 Å². The van der Waals surface area contributed by atoms with Gasteiger partial charge >= 0.3 is 0 Å². The Bertz CT molecular complexity index is 452. The molecule has 0 spiro atoms. The summed E-state index contributed by atoms with van der Waals surface area (Å²) in [5, 5.41) is 3.36. The van der Waals surface area contributed by atoms with Gasteiger partial charge in [0.05, 0.1) is 11.4 Å². The van der Waals surface area contributed by atoms with Crippen LogP contribution in [-0.4, -0.2) is 17.1 Å². The van der Waals surface area contributed by atoms with Gasteiger partial charge in [0, 0.05) is 31.7 Å². The van der Waals surface area contributed by atoms with Gasteiger partial charge in [-0.1, -0.05) is 0 Å². The van der Waals surface area contributed by atoms with Crippen LogP contribution in [-0.2, 0) is 23.4 Å². The molecule has 1 N–H and O–H groups in total. The molecule has 0 amide bonds. The maximum atomic E-state index is 5.49. The predicted octanol–water partition coefficient (Wildman–Crippen LogP) is 1.84. The minimum Gasteiger partial charge on any atom is -0.371 e. The van der Waals surface area contributed by atoms with E-state index >= 15 is 0 Å². The van der Waals surface area contributed by atoms with Gasteiger partial charge < -0.3 is 10.1 Å². The van der Waals surface area contributed by atoms with Crippen molar-refractivity contribution in [2.24, 2.45) is 0 Å². The van der Waals surface area contributed by atoms with Crippen molar-refractivity contribution in [2.75, 3.05) is 7.11 Å². The molecule has 1 aliphatic heterocycles. The third-order valence-electron chi connectivity index (χ3n) is 3.73. The molecule has 0 saturated heterocycles. The van der Waals surface area contributed by atoms with Gasteiger partial charge in [0.2, 0.25) is 0 Å². The van der Waals surface area contributed by atoms with Gasteiger partial charge in [0.1, 0.15) is 5.60 Å². The Kier molecular flexibility index (Phi) is 2.45. The highest BCUT2D eigenvalue weighted by molar-refractivity contribution is 5.34. The van der Waals surface area contributed by atoms with E-state index in [2.05, 4.69) is 10.3 Å². The fourth-order valence-electron chi connectivity index (χ4n) is 2.25. The summed E-state index contributed by atoms with van der Waals surface area (Å²) in [7, 11) is 1.71. The van der Waals surface area contributed by atoms with Crippen LogP contribution in [0.25, 0.3) is 0 Å². The fraction of sp³-hybridized carbons (Fsp3) is 0.692. The largest absolute Gasteiger partial charge is 0.371 e. The number of fused-ring (bicyclic) bond motifs is 1. The summed E-state index contributed by atoms with van der Waals surface area (Å²) < 4.78 is 5.49. The number of nitrogens with zero attached hydrogens (tertiary/aromatic N) is 2. The minimum atomic E-state index is -0.402. The van der Waals surface area contributed by atoms with Crippen LogP contribution in [0.4, 0.5) is 0 Å². The number of hydrogen-bond donors (Lipinski definition) is 1. The van der Waals surface area contributed by atoms with E-state index in [0.29, 0.717) is 5.92 Å². The van der Waals surface area contributed by atoms with Crippen LogP contribution in [0.1, 0.15) is 55.4 Å². The molecule has 1 aromatic heterocycles. The summed E-state index contributed by atoms with van der Waals surface area (Å²) >= 11 is 0. The van der Waals surface area contributed by atoms with Crippen molar-refractivity contribution in [1.82, 2.24) is 15.3 Å². The van der Waals surface area contributed by atoms with E-state index in [9.17, 15) is 0 Å². The molecule has 0 bridgehead atoms. The Morgan fingerprint density at radius 2 is 2.00 bits per heavy atom. The Hall–Kier alpha value is -1.00. The van der Waals surface area contributed by atoms with Gasteiger partial charge in [-0.15, -0.1) is 0 Å². The lowest BCUT2D eigenvalue weighted by Gasteiger charge is -2.22. The lowest BCUT2D eigenvalue weighted by Crippen LogP contribution is -2.24. The first-order valence-corrected chi connectivity index (χ1v) is 6.28. The minimum absolute atomic E-state index is 0.402. The molecule has 2 aliphatic rings. The molecule has 4 heteroatoms. The molecule has 1 saturated carbocycles. The van der Waals surface area contributed by atoms with Gasteiger partial charge in [0.25, 0.3) is 0 Å². The number of hydrogen-bond acceptors (Lipinski definition) is 4. The fourth-order valence-corrected chi connectivity index (χ4v) is 2.25. The second-order valence-electron chi connectivity index (χ2n) is 5.45. The highest BCUT2D eigenvalue weighted by Gasteiger charge is 2.34. The van der Waals surface area contributed by atoms with Gasteiger partial charge in [-0.25, -0.2) is 9.97 Å². The Labute approximate surface area is 102 Å². The molecule has 1 aliphatic carbocycles. The smallest absolute Gasteiger partial charge is 0.160 e. The zero-order valence-electron chi connectivity index (χ0n) is 10.7. The lowest BCUT2D eigenvalue weighted by molar-refractivity contribution is 0.0111. The van der Waals surface area contributed by atoms with Crippen molar-refractivity contribution in [3.63, 3.8) is 0 Å². The second-order valence-corrected chi connectivity index (χ2v) is 5.45. The van der Waals surface area contributed by atoms with E-state index in [-0.39, 0.29) is 0 Å². The summed E-state index contributed by atoms with van der Waals surface area (Å²) in [6.45, 7) is 5.83. The summed E-state index contributed by atoms with van der Waals surface area (Å²) in [5.74, 6) is 1.49. The number of nitrogens with one attached hydrogen (secondary N) is 1. The number of methoxy groups -OCH3 is 1. The van der Waals surface area contributed by atoms with Crippen LogP contribution >= 0.6 is 0 Å². The van der Waals surface area contributed by atoms with E-state index < -0.39 is 5.60 Å². The molecular formula is C13H19N3O. The third kappa shape index (κ3) is 1.85. The Morgan fingerprint density at radius 3 is 2.65 bits per heavy atom. The Balaban J connectivity index is 2.09. The van der Waals surface area contributed by atoms with Gasteiger partial charge in [0.15, 0.2) is 5.82 Å². The molecule has 0 unspecified atom stereocenters. The average molecular weight is 233 g/mol. The van der Waals surface area contributed by atoms with Gasteiger partial charge in [-0.05, 0) is 26.7 Å². The quantitative estimate of drug-likeness (QED) is 0.865. The van der Waals surface area contributed by atoms with Crippen molar-refractivity contribution in [1.29, 1.82) is 0 Å². The van der Waals surface area contributed by atoms with Gasteiger partial charge in [-0.3, -0.25) is 0 Å². The molecule has 92 valence electrons. The summed E-state index contributed by atoms with van der Waals surface area (Å²) in [6.07, 6.45) is 2.55. The molecule has 0 aromatic carbocycles. The Morgan fingerprint density at radius 1 is 1.24 bits per heavy atom. The molecule has 17 heavy (non-hydrogen) atoms. The first-order valence-electron chi connectivity index (χ1n) is 6.28. The molecule has 2 heterocycles. The van der Waals surface area contributed by atoms with Crippen LogP contribution in [0.15, 0.2) is 0 Å². The van der Waals surface area contributed by atoms with Crippen LogP contribution in [0.3, 0.4) is 0 Å². The van der Waals surface area contributed by atoms with E-state index in [1.165, 1.54) is 29.8 Å². The third-order valence-corrected chi connectivity index (χ3v) is 3.73. The average Bonchev–Trinajstić information content (AvgIpc) is 3.05. The molecular weight excluding hydrogens is 214 g/mol. The van der Waals surface area contributed by atoms with Crippen molar-refractivity contribution in [3.8, 4) is 0 Å². The van der Waals surface area contributed by atoms with E-state index in [0.717, 1.165) is 18.9 Å². The first-order chi connectivity index (χ1) is 8.12. The summed E-state index contributed by atoms with van der Waals surface area (Å²) in [5.41, 5.74) is 3.37. The van der Waals surface area contributed by atoms with Gasteiger partial charge in [-0.2, -0.15) is 0 Å². The molecule has 4 nitrogen and oxygen atoms in total. The lowest BCUT2D eigenvalue weighted by atomic mass is 10.1. The van der Waals surface area contributed by atoms with Crippen LogP contribution in [0.5, 0.6) is 0 Å². The van der Waals surface area contributed by atoms with Crippen molar-refractivity contribution >= 4 is 0 Å². The van der Waals surface area contributed by atoms with Crippen LogP contribution < -0.4 is 5.32 Å². The number of rotatable bonds is 3. The van der Waals surface area contributed by atoms with Crippen molar-refractivity contribution < 1.29 is 4.74 Å². The number of ether oxygens (including phenoxy) is 1. The van der Waals surface area contributed by atoms with E-state index in [4.69, 9.17) is 9.72 Å². The number of aromatic nitrogens is 2. The first kappa shape index (κ1) is 11.1. The van der Waals surface area contributed by atoms with Crippen LogP contribution in [0, 0.1) is 0 Å². The zero-order valence-corrected chi connectivity index (χ0v) is 10.7. The van der Waals surface area contributed by atoms with Crippen LogP contribution in [0.2, 0.25) is 0 Å². The maximum Gasteiger partial charge on any atom is 0.160 e. The SMILES string of the molecule is COC(C)(C)c1nc2c(c(C3CC3)n1)CNC2. The monoisotopic (exact) mass is 233 g/mol. The maximum absolute atomic E-state index is 5.49. The molecule has 0 radical (unpaired) electrons. The second kappa shape index (κ2) is 3.75.